The summed E-state index contributed by atoms with van der Waals surface area (Å²) in [5.74, 6) is 0.358. The Morgan fingerprint density at radius 1 is 1.57 bits per heavy atom. The highest BCUT2D eigenvalue weighted by Crippen LogP contribution is 2.24. The van der Waals surface area contributed by atoms with Crippen molar-refractivity contribution < 1.29 is 14.4 Å². The molecule has 0 fully saturated rings. The van der Waals surface area contributed by atoms with Gasteiger partial charge < -0.3 is 9.52 Å². The van der Waals surface area contributed by atoms with Crippen molar-refractivity contribution in [1.29, 1.82) is 0 Å². The molecule has 1 atom stereocenters. The maximum Gasteiger partial charge on any atom is 0.433 e. The van der Waals surface area contributed by atoms with Crippen LogP contribution in [0, 0.1) is 10.1 Å². The maximum atomic E-state index is 10.6. The smallest absolute Gasteiger partial charge is 0.404 e. The summed E-state index contributed by atoms with van der Waals surface area (Å²) in [6.45, 7) is 5.43. The average Bonchev–Trinajstić information content (AvgIpc) is 2.95. The average molecular weight is 292 g/mol. The minimum Gasteiger partial charge on any atom is -0.404 e. The van der Waals surface area contributed by atoms with E-state index in [-0.39, 0.29) is 18.5 Å². The molecular formula is C15H20N2O4. The largest absolute Gasteiger partial charge is 0.433 e. The molecule has 6 heteroatoms. The van der Waals surface area contributed by atoms with Crippen LogP contribution in [0.4, 0.5) is 5.88 Å². The van der Waals surface area contributed by atoms with Crippen LogP contribution in [-0.4, -0.2) is 34.1 Å². The molecule has 0 saturated heterocycles. The summed E-state index contributed by atoms with van der Waals surface area (Å²) in [5, 5.41) is 19.5. The molecule has 0 saturated carbocycles. The van der Waals surface area contributed by atoms with E-state index in [1.807, 2.05) is 6.08 Å². The van der Waals surface area contributed by atoms with Crippen LogP contribution < -0.4 is 0 Å². The second-order valence-corrected chi connectivity index (χ2v) is 5.10. The van der Waals surface area contributed by atoms with E-state index in [1.165, 1.54) is 11.6 Å². The number of furan rings is 1. The van der Waals surface area contributed by atoms with Crippen molar-refractivity contribution in [2.75, 3.05) is 13.2 Å². The van der Waals surface area contributed by atoms with Crippen molar-refractivity contribution in [1.82, 2.24) is 4.90 Å². The highest BCUT2D eigenvalue weighted by molar-refractivity contribution is 5.20. The molecule has 1 aromatic heterocycles. The van der Waals surface area contributed by atoms with E-state index in [1.54, 1.807) is 6.07 Å². The molecule has 21 heavy (non-hydrogen) atoms. The molecule has 1 aliphatic rings. The quantitative estimate of drug-likeness (QED) is 0.475. The topological polar surface area (TPSA) is 79.8 Å². The number of nitrogens with zero attached hydrogens (tertiary/aromatic N) is 2. The molecule has 0 aliphatic carbocycles. The fourth-order valence-electron chi connectivity index (χ4n) is 2.53. The SMILES string of the molecule is C=CC1C=C(CCCO)CCN1Cc1ccc([N+](=O)[O-])o1. The van der Waals surface area contributed by atoms with Gasteiger partial charge in [-0.2, -0.15) is 0 Å². The molecule has 2 heterocycles. The van der Waals surface area contributed by atoms with Crippen molar-refractivity contribution in [3.8, 4) is 0 Å². The van der Waals surface area contributed by atoms with Crippen molar-refractivity contribution in [3.05, 3.63) is 52.3 Å². The maximum absolute atomic E-state index is 10.6. The van der Waals surface area contributed by atoms with E-state index >= 15 is 0 Å². The van der Waals surface area contributed by atoms with Gasteiger partial charge in [0.25, 0.3) is 0 Å². The summed E-state index contributed by atoms with van der Waals surface area (Å²) in [4.78, 5) is 12.3. The summed E-state index contributed by atoms with van der Waals surface area (Å²) in [5.41, 5.74) is 1.33. The Kier molecular flexibility index (Phi) is 5.30. The van der Waals surface area contributed by atoms with Gasteiger partial charge in [0.05, 0.1) is 12.6 Å². The van der Waals surface area contributed by atoms with Gasteiger partial charge in [0.2, 0.25) is 0 Å². The normalized spacial score (nSPS) is 19.3. The summed E-state index contributed by atoms with van der Waals surface area (Å²) in [7, 11) is 0. The van der Waals surface area contributed by atoms with Gasteiger partial charge in [0.15, 0.2) is 0 Å². The molecule has 114 valence electrons. The highest BCUT2D eigenvalue weighted by Gasteiger charge is 2.22. The molecule has 2 rings (SSSR count). The van der Waals surface area contributed by atoms with Crippen LogP contribution in [0.1, 0.15) is 25.0 Å². The molecule has 0 bridgehead atoms. The van der Waals surface area contributed by atoms with Crippen LogP contribution in [0.5, 0.6) is 0 Å². The van der Waals surface area contributed by atoms with Crippen molar-refractivity contribution >= 4 is 5.88 Å². The lowest BCUT2D eigenvalue weighted by Gasteiger charge is -2.32. The predicted molar refractivity (Wildman–Crippen MR) is 78.8 cm³/mol. The lowest BCUT2D eigenvalue weighted by Crippen LogP contribution is -2.36. The van der Waals surface area contributed by atoms with Gasteiger partial charge in [0.1, 0.15) is 10.7 Å². The second kappa shape index (κ2) is 7.19. The summed E-state index contributed by atoms with van der Waals surface area (Å²) in [6, 6.07) is 3.12. The van der Waals surface area contributed by atoms with Crippen LogP contribution in [0.15, 0.2) is 40.9 Å². The van der Waals surface area contributed by atoms with E-state index in [4.69, 9.17) is 9.52 Å². The van der Waals surface area contributed by atoms with Gasteiger partial charge >= 0.3 is 5.88 Å². The summed E-state index contributed by atoms with van der Waals surface area (Å²) < 4.78 is 5.20. The molecule has 0 amide bonds. The first-order valence-corrected chi connectivity index (χ1v) is 7.04. The van der Waals surface area contributed by atoms with Crippen LogP contribution >= 0.6 is 0 Å². The molecule has 0 spiro atoms. The lowest BCUT2D eigenvalue weighted by molar-refractivity contribution is -0.402. The third-order valence-electron chi connectivity index (χ3n) is 3.63. The zero-order valence-corrected chi connectivity index (χ0v) is 11.9. The number of rotatable bonds is 7. The van der Waals surface area contributed by atoms with Gasteiger partial charge in [-0.15, -0.1) is 6.58 Å². The van der Waals surface area contributed by atoms with E-state index in [0.29, 0.717) is 12.3 Å². The minimum absolute atomic E-state index is 0.0941. The predicted octanol–water partition coefficient (Wildman–Crippen LogP) is 2.65. The first-order valence-electron chi connectivity index (χ1n) is 7.04. The van der Waals surface area contributed by atoms with E-state index < -0.39 is 4.92 Å². The van der Waals surface area contributed by atoms with E-state index in [2.05, 4.69) is 17.6 Å². The fraction of sp³-hybridized carbons (Fsp3) is 0.467. The Morgan fingerprint density at radius 3 is 3.00 bits per heavy atom. The molecule has 1 aliphatic heterocycles. The van der Waals surface area contributed by atoms with Gasteiger partial charge in [-0.05, 0) is 25.3 Å². The third kappa shape index (κ3) is 4.03. The molecule has 1 N–H and O–H groups in total. The number of hydrogen-bond acceptors (Lipinski definition) is 5. The van der Waals surface area contributed by atoms with Crippen LogP contribution in [0.25, 0.3) is 0 Å². The lowest BCUT2D eigenvalue weighted by atomic mass is 9.98. The molecule has 0 radical (unpaired) electrons. The summed E-state index contributed by atoms with van der Waals surface area (Å²) in [6.07, 6.45) is 6.63. The Bertz CT molecular complexity index is 536. The summed E-state index contributed by atoms with van der Waals surface area (Å²) >= 11 is 0. The van der Waals surface area contributed by atoms with Gasteiger partial charge in [-0.1, -0.05) is 17.7 Å². The van der Waals surface area contributed by atoms with Crippen LogP contribution in [0.2, 0.25) is 0 Å². The number of nitro groups is 1. The van der Waals surface area contributed by atoms with Crippen LogP contribution in [-0.2, 0) is 6.54 Å². The Labute approximate surface area is 123 Å². The molecule has 6 nitrogen and oxygen atoms in total. The third-order valence-corrected chi connectivity index (χ3v) is 3.63. The molecular weight excluding hydrogens is 272 g/mol. The minimum atomic E-state index is -0.530. The fourth-order valence-corrected chi connectivity index (χ4v) is 2.53. The molecule has 1 unspecified atom stereocenters. The van der Waals surface area contributed by atoms with Gasteiger partial charge in [-0.25, -0.2) is 0 Å². The Balaban J connectivity index is 2.01. The number of aliphatic hydroxyl groups excluding tert-OH is 1. The molecule has 0 aromatic carbocycles. The first-order chi connectivity index (χ1) is 10.1. The highest BCUT2D eigenvalue weighted by atomic mass is 16.6. The zero-order chi connectivity index (χ0) is 15.2. The Hall–Kier alpha value is -1.92. The van der Waals surface area contributed by atoms with Crippen molar-refractivity contribution in [2.45, 2.75) is 31.8 Å². The Morgan fingerprint density at radius 2 is 2.38 bits per heavy atom. The van der Waals surface area contributed by atoms with Gasteiger partial charge in [-0.3, -0.25) is 15.0 Å². The number of hydrogen-bond donors (Lipinski definition) is 1. The standard InChI is InChI=1S/C15H20N2O4/c1-2-13-10-12(4-3-9-18)7-8-16(13)11-14-5-6-15(21-14)17(19)20/h2,5-6,10,13,18H,1,3-4,7-9,11H2. The van der Waals surface area contributed by atoms with Gasteiger partial charge in [0, 0.05) is 19.2 Å². The van der Waals surface area contributed by atoms with Crippen molar-refractivity contribution in [2.24, 2.45) is 0 Å². The molecule has 1 aromatic rings. The van der Waals surface area contributed by atoms with Crippen LogP contribution in [0.3, 0.4) is 0 Å². The monoisotopic (exact) mass is 292 g/mol. The van der Waals surface area contributed by atoms with E-state index in [9.17, 15) is 10.1 Å². The zero-order valence-electron chi connectivity index (χ0n) is 11.9. The van der Waals surface area contributed by atoms with E-state index in [0.717, 1.165) is 25.8 Å². The first kappa shape index (κ1) is 15.5. The number of aliphatic hydroxyl groups is 1. The van der Waals surface area contributed by atoms with Crippen molar-refractivity contribution in [3.63, 3.8) is 0 Å². The second-order valence-electron chi connectivity index (χ2n) is 5.10.